The third kappa shape index (κ3) is 3.08. The number of aromatic hydroxyl groups is 1. The van der Waals surface area contributed by atoms with Gasteiger partial charge in [-0.2, -0.15) is 0 Å². The number of hydrogen-bond donors (Lipinski definition) is 1. The quantitative estimate of drug-likeness (QED) is 0.838. The van der Waals surface area contributed by atoms with E-state index >= 15 is 0 Å². The molecule has 0 bridgehead atoms. The Bertz CT molecular complexity index is 979. The van der Waals surface area contributed by atoms with E-state index in [2.05, 4.69) is 22.8 Å². The van der Waals surface area contributed by atoms with Gasteiger partial charge in [-0.1, -0.05) is 6.07 Å². The minimum Gasteiger partial charge on any atom is -0.494 e. The average Bonchev–Trinajstić information content (AvgIpc) is 3.45. The van der Waals surface area contributed by atoms with E-state index in [-0.39, 0.29) is 11.5 Å². The number of aromatic nitrogens is 1. The molecular formula is C24H30N2O4. The molecule has 0 amide bonds. The van der Waals surface area contributed by atoms with Crippen molar-refractivity contribution in [2.24, 2.45) is 16.3 Å². The van der Waals surface area contributed by atoms with Gasteiger partial charge in [-0.05, 0) is 49.3 Å². The van der Waals surface area contributed by atoms with Gasteiger partial charge in [0.15, 0.2) is 0 Å². The van der Waals surface area contributed by atoms with Crippen molar-refractivity contribution in [2.45, 2.75) is 38.1 Å². The first kappa shape index (κ1) is 18.8. The largest absolute Gasteiger partial charge is 0.494 e. The fourth-order valence-electron chi connectivity index (χ4n) is 5.63. The summed E-state index contributed by atoms with van der Waals surface area (Å²) in [7, 11) is 0. The highest BCUT2D eigenvalue weighted by atomic mass is 16.5. The van der Waals surface area contributed by atoms with E-state index in [1.807, 2.05) is 0 Å². The number of rotatable bonds is 4. The summed E-state index contributed by atoms with van der Waals surface area (Å²) >= 11 is 0. The Morgan fingerprint density at radius 2 is 1.90 bits per heavy atom. The van der Waals surface area contributed by atoms with Crippen LogP contribution in [-0.4, -0.2) is 61.6 Å². The maximum absolute atomic E-state index is 11.5. The molecule has 1 spiro atoms. The van der Waals surface area contributed by atoms with Gasteiger partial charge in [0.05, 0.1) is 24.3 Å². The fourth-order valence-corrected chi connectivity index (χ4v) is 5.63. The van der Waals surface area contributed by atoms with E-state index in [1.165, 1.54) is 5.56 Å². The second kappa shape index (κ2) is 7.36. The summed E-state index contributed by atoms with van der Waals surface area (Å²) in [6, 6.07) is 7.00. The highest BCUT2D eigenvalue weighted by Gasteiger charge is 2.44. The zero-order chi connectivity index (χ0) is 20.1. The highest BCUT2D eigenvalue weighted by Crippen LogP contribution is 2.44. The van der Waals surface area contributed by atoms with Gasteiger partial charge >= 0.3 is 0 Å². The lowest BCUT2D eigenvalue weighted by Gasteiger charge is -2.36. The van der Waals surface area contributed by atoms with Crippen molar-refractivity contribution in [1.29, 1.82) is 0 Å². The van der Waals surface area contributed by atoms with Gasteiger partial charge in [0.2, 0.25) is 5.88 Å². The third-order valence-electron chi connectivity index (χ3n) is 7.40. The molecule has 4 aliphatic heterocycles. The van der Waals surface area contributed by atoms with Gasteiger partial charge in [0, 0.05) is 61.9 Å². The number of nitrogens with zero attached hydrogens (tertiary/aromatic N) is 2. The first-order valence-corrected chi connectivity index (χ1v) is 11.4. The number of hydrogen-bond acceptors (Lipinski definition) is 5. The molecule has 6 heteroatoms. The van der Waals surface area contributed by atoms with Crippen molar-refractivity contribution in [2.75, 3.05) is 46.2 Å². The summed E-state index contributed by atoms with van der Waals surface area (Å²) in [5.74, 6) is 0.977. The SMILES string of the molecule is Oc1c(C2=NCC3(COC3)C2)c2cc(CC3CCOC3)ccc2n1C1CCOCC1. The van der Waals surface area contributed by atoms with Gasteiger partial charge in [-0.15, -0.1) is 0 Å². The maximum Gasteiger partial charge on any atom is 0.201 e. The Kier molecular flexibility index (Phi) is 4.62. The van der Waals surface area contributed by atoms with E-state index in [0.717, 1.165) is 100 Å². The molecule has 1 N–H and O–H groups in total. The van der Waals surface area contributed by atoms with Crippen molar-refractivity contribution < 1.29 is 19.3 Å². The lowest BCUT2D eigenvalue weighted by Crippen LogP contribution is -2.43. The van der Waals surface area contributed by atoms with E-state index < -0.39 is 0 Å². The van der Waals surface area contributed by atoms with E-state index in [9.17, 15) is 5.11 Å². The third-order valence-corrected chi connectivity index (χ3v) is 7.40. The Morgan fingerprint density at radius 3 is 2.60 bits per heavy atom. The first-order chi connectivity index (χ1) is 14.7. The summed E-state index contributed by atoms with van der Waals surface area (Å²) in [5, 5.41) is 12.6. The van der Waals surface area contributed by atoms with E-state index in [4.69, 9.17) is 19.2 Å². The summed E-state index contributed by atoms with van der Waals surface area (Å²) in [6.45, 7) is 5.61. The van der Waals surface area contributed by atoms with Crippen LogP contribution >= 0.6 is 0 Å². The topological polar surface area (TPSA) is 65.2 Å². The van der Waals surface area contributed by atoms with E-state index in [1.54, 1.807) is 0 Å². The van der Waals surface area contributed by atoms with Gasteiger partial charge in [-0.25, -0.2) is 0 Å². The summed E-state index contributed by atoms with van der Waals surface area (Å²) in [5.41, 5.74) is 4.60. The second-order valence-electron chi connectivity index (χ2n) is 9.63. The molecule has 3 saturated heterocycles. The Hall–Kier alpha value is -1.89. The van der Waals surface area contributed by atoms with Crippen LogP contribution in [0.4, 0.5) is 0 Å². The molecule has 6 rings (SSSR count). The molecular weight excluding hydrogens is 380 g/mol. The zero-order valence-electron chi connectivity index (χ0n) is 17.4. The van der Waals surface area contributed by atoms with Crippen LogP contribution in [0.3, 0.4) is 0 Å². The predicted molar refractivity (Wildman–Crippen MR) is 115 cm³/mol. The molecule has 4 aliphatic rings. The molecule has 0 radical (unpaired) electrons. The normalized spacial score (nSPS) is 26.4. The predicted octanol–water partition coefficient (Wildman–Crippen LogP) is 3.49. The monoisotopic (exact) mass is 410 g/mol. The molecule has 1 aromatic carbocycles. The highest BCUT2D eigenvalue weighted by molar-refractivity contribution is 6.14. The van der Waals surface area contributed by atoms with Crippen LogP contribution < -0.4 is 0 Å². The molecule has 30 heavy (non-hydrogen) atoms. The smallest absolute Gasteiger partial charge is 0.201 e. The van der Waals surface area contributed by atoms with Crippen molar-refractivity contribution in [3.05, 3.63) is 29.3 Å². The van der Waals surface area contributed by atoms with Gasteiger partial charge in [-0.3, -0.25) is 4.99 Å². The summed E-state index contributed by atoms with van der Waals surface area (Å²) in [6.07, 6.45) is 4.93. The van der Waals surface area contributed by atoms with Crippen molar-refractivity contribution in [3.63, 3.8) is 0 Å². The molecule has 5 heterocycles. The molecule has 6 nitrogen and oxygen atoms in total. The standard InChI is InChI=1S/C24H30N2O4/c27-23-22(20-11-24(13-25-20)14-30-15-24)19-10-16(9-17-3-6-29-12-17)1-2-21(19)26(23)18-4-7-28-8-5-18/h1-2,10,17-18,27H,3-9,11-15H2. The molecule has 1 unspecified atom stereocenters. The van der Waals surface area contributed by atoms with Crippen molar-refractivity contribution in [1.82, 2.24) is 4.57 Å². The van der Waals surface area contributed by atoms with E-state index in [0.29, 0.717) is 11.8 Å². The van der Waals surface area contributed by atoms with Crippen LogP contribution in [0, 0.1) is 11.3 Å². The van der Waals surface area contributed by atoms with Crippen LogP contribution in [0.15, 0.2) is 23.2 Å². The Morgan fingerprint density at radius 1 is 1.07 bits per heavy atom. The molecule has 1 aromatic heterocycles. The van der Waals surface area contributed by atoms with Crippen LogP contribution in [0.1, 0.15) is 42.9 Å². The fraction of sp³-hybridized carbons (Fsp3) is 0.625. The molecule has 2 aromatic rings. The average molecular weight is 411 g/mol. The summed E-state index contributed by atoms with van der Waals surface area (Å²) in [4.78, 5) is 4.90. The van der Waals surface area contributed by atoms with Gasteiger partial charge < -0.3 is 23.9 Å². The number of aliphatic imine (C=N–C) groups is 1. The Labute approximate surface area is 176 Å². The van der Waals surface area contributed by atoms with Crippen LogP contribution in [-0.2, 0) is 20.6 Å². The minimum absolute atomic E-state index is 0.160. The lowest BCUT2D eigenvalue weighted by molar-refractivity contribution is -0.0973. The molecule has 0 aliphatic carbocycles. The number of benzene rings is 1. The van der Waals surface area contributed by atoms with Crippen molar-refractivity contribution in [3.8, 4) is 5.88 Å². The second-order valence-corrected chi connectivity index (χ2v) is 9.63. The van der Waals surface area contributed by atoms with Gasteiger partial charge in [0.1, 0.15) is 0 Å². The van der Waals surface area contributed by atoms with Crippen molar-refractivity contribution >= 4 is 16.6 Å². The van der Waals surface area contributed by atoms with Crippen LogP contribution in [0.2, 0.25) is 0 Å². The first-order valence-electron chi connectivity index (χ1n) is 11.4. The maximum atomic E-state index is 11.5. The molecule has 3 fully saturated rings. The van der Waals surface area contributed by atoms with Gasteiger partial charge in [0.25, 0.3) is 0 Å². The summed E-state index contributed by atoms with van der Waals surface area (Å²) < 4.78 is 18.8. The number of fused-ring (bicyclic) bond motifs is 1. The zero-order valence-corrected chi connectivity index (χ0v) is 17.4. The van der Waals surface area contributed by atoms with Crippen LogP contribution in [0.5, 0.6) is 5.88 Å². The van der Waals surface area contributed by atoms with Crippen LogP contribution in [0.25, 0.3) is 10.9 Å². The number of ether oxygens (including phenoxy) is 3. The lowest BCUT2D eigenvalue weighted by atomic mass is 9.82. The molecule has 0 saturated carbocycles. The molecule has 1 atom stereocenters. The Balaban J connectivity index is 1.43. The minimum atomic E-state index is 0.160. The molecule has 160 valence electrons.